The third-order valence-corrected chi connectivity index (χ3v) is 7.76. The van der Waals surface area contributed by atoms with Gasteiger partial charge in [-0.3, -0.25) is 9.69 Å². The van der Waals surface area contributed by atoms with Crippen molar-refractivity contribution >= 4 is 40.9 Å². The van der Waals surface area contributed by atoms with Gasteiger partial charge in [-0.05, 0) is 87.2 Å². The van der Waals surface area contributed by atoms with E-state index in [2.05, 4.69) is 10.2 Å². The second-order valence-corrected chi connectivity index (χ2v) is 11.0. The van der Waals surface area contributed by atoms with Gasteiger partial charge in [0.1, 0.15) is 0 Å². The highest BCUT2D eigenvalue weighted by molar-refractivity contribution is 7.99. The van der Waals surface area contributed by atoms with E-state index in [4.69, 9.17) is 23.2 Å². The van der Waals surface area contributed by atoms with Crippen molar-refractivity contribution in [1.82, 2.24) is 15.1 Å². The Morgan fingerprint density at radius 2 is 1.86 bits per heavy atom. The number of benzene rings is 2. The van der Waals surface area contributed by atoms with Crippen molar-refractivity contribution in [3.8, 4) is 0 Å². The second kappa shape index (κ2) is 12.2. The van der Waals surface area contributed by atoms with Crippen LogP contribution >= 0.6 is 35.0 Å². The van der Waals surface area contributed by atoms with E-state index in [1.54, 1.807) is 23.9 Å². The molecule has 35 heavy (non-hydrogen) atoms. The summed E-state index contributed by atoms with van der Waals surface area (Å²) >= 11 is 14.0. The van der Waals surface area contributed by atoms with Crippen molar-refractivity contribution in [2.75, 3.05) is 32.9 Å². The summed E-state index contributed by atoms with van der Waals surface area (Å²) in [5, 5.41) is 3.18. The van der Waals surface area contributed by atoms with E-state index in [0.29, 0.717) is 24.2 Å². The Balaban J connectivity index is 1.78. The molecule has 192 valence electrons. The van der Waals surface area contributed by atoms with E-state index < -0.39 is 17.6 Å². The molecule has 1 fully saturated rings. The molecule has 0 radical (unpaired) electrons. The summed E-state index contributed by atoms with van der Waals surface area (Å²) in [6.45, 7) is 3.63. The summed E-state index contributed by atoms with van der Waals surface area (Å²) in [5.41, 5.74) is -0.174. The summed E-state index contributed by atoms with van der Waals surface area (Å²) in [6, 6.07) is 8.03. The number of halogens is 5. The van der Waals surface area contributed by atoms with Gasteiger partial charge in [-0.2, -0.15) is 13.2 Å². The molecular weight excluding hydrogens is 518 g/mol. The lowest BCUT2D eigenvalue weighted by Crippen LogP contribution is -2.41. The first-order chi connectivity index (χ1) is 16.5. The molecule has 1 heterocycles. The van der Waals surface area contributed by atoms with E-state index in [-0.39, 0.29) is 29.2 Å². The Morgan fingerprint density at radius 3 is 2.46 bits per heavy atom. The van der Waals surface area contributed by atoms with Crippen LogP contribution in [-0.2, 0) is 19.3 Å². The number of rotatable bonds is 8. The zero-order chi connectivity index (χ0) is 25.8. The molecule has 0 saturated carbocycles. The Hall–Kier alpha value is -1.45. The molecule has 0 spiro atoms. The molecule has 0 bridgehead atoms. The number of thioether (sulfide) groups is 1. The molecule has 1 saturated heterocycles. The second-order valence-electron chi connectivity index (χ2n) is 8.82. The van der Waals surface area contributed by atoms with Gasteiger partial charge in [0.05, 0.1) is 5.56 Å². The highest BCUT2D eigenvalue weighted by Gasteiger charge is 2.36. The molecule has 0 aliphatic carbocycles. The van der Waals surface area contributed by atoms with Gasteiger partial charge >= 0.3 is 6.18 Å². The van der Waals surface area contributed by atoms with Crippen molar-refractivity contribution in [3.05, 3.63) is 62.6 Å². The maximum Gasteiger partial charge on any atom is 0.416 e. The molecule has 0 atom stereocenters. The molecule has 3 rings (SSSR count). The van der Waals surface area contributed by atoms with Gasteiger partial charge in [-0.15, -0.1) is 11.8 Å². The normalized spacial score (nSPS) is 15.6. The topological polar surface area (TPSA) is 35.6 Å². The lowest BCUT2D eigenvalue weighted by Gasteiger charge is -2.35. The fraction of sp³-hybridized carbons (Fsp3) is 0.480. The van der Waals surface area contributed by atoms with Crippen LogP contribution in [0.25, 0.3) is 0 Å². The van der Waals surface area contributed by atoms with E-state index in [9.17, 15) is 18.0 Å². The number of carbonyl (C=O) groups excluding carboxylic acids is 1. The molecule has 1 amide bonds. The van der Waals surface area contributed by atoms with Gasteiger partial charge in [0.2, 0.25) is 0 Å². The SMILES string of the molecule is CCSc1ccc(Cl)cc1CNC(=O)c1cc(Cl)c(CN2CCC(N(C)C)CC2)c(C(F)(F)F)c1. The van der Waals surface area contributed by atoms with Gasteiger partial charge in [-0.25, -0.2) is 0 Å². The average molecular weight is 549 g/mol. The highest BCUT2D eigenvalue weighted by Crippen LogP contribution is 2.37. The predicted octanol–water partition coefficient (Wildman–Crippen LogP) is 6.58. The molecule has 1 N–H and O–H groups in total. The number of piperidine rings is 1. The van der Waals surface area contributed by atoms with Crippen LogP contribution in [0, 0.1) is 0 Å². The summed E-state index contributed by atoms with van der Waals surface area (Å²) in [6.07, 6.45) is -2.86. The van der Waals surface area contributed by atoms with Crippen molar-refractivity contribution in [2.45, 2.75) is 50.0 Å². The summed E-state index contributed by atoms with van der Waals surface area (Å²) in [5.74, 6) is 0.213. The minimum Gasteiger partial charge on any atom is -0.348 e. The predicted molar refractivity (Wildman–Crippen MR) is 137 cm³/mol. The van der Waals surface area contributed by atoms with Gasteiger partial charge in [0.15, 0.2) is 0 Å². The minimum atomic E-state index is -4.63. The molecule has 0 unspecified atom stereocenters. The molecule has 2 aromatic carbocycles. The van der Waals surface area contributed by atoms with Crippen LogP contribution in [0.2, 0.25) is 10.0 Å². The van der Waals surface area contributed by atoms with Gasteiger partial charge in [-0.1, -0.05) is 30.1 Å². The molecule has 1 aliphatic rings. The van der Waals surface area contributed by atoms with Crippen LogP contribution in [0.3, 0.4) is 0 Å². The first kappa shape index (κ1) is 28.1. The lowest BCUT2D eigenvalue weighted by atomic mass is 9.99. The zero-order valence-electron chi connectivity index (χ0n) is 20.0. The Kier molecular flexibility index (Phi) is 9.80. The molecule has 2 aromatic rings. The number of likely N-dealkylation sites (tertiary alicyclic amines) is 1. The largest absolute Gasteiger partial charge is 0.416 e. The number of hydrogen-bond donors (Lipinski definition) is 1. The van der Waals surface area contributed by atoms with Crippen molar-refractivity contribution in [1.29, 1.82) is 0 Å². The summed E-state index contributed by atoms with van der Waals surface area (Å²) < 4.78 is 42.0. The average Bonchev–Trinajstić information content (AvgIpc) is 2.79. The Labute approximate surface area is 219 Å². The van der Waals surface area contributed by atoms with Crippen molar-refractivity contribution < 1.29 is 18.0 Å². The highest BCUT2D eigenvalue weighted by atomic mass is 35.5. The van der Waals surface area contributed by atoms with Crippen LogP contribution in [0.1, 0.15) is 46.8 Å². The van der Waals surface area contributed by atoms with E-state index in [1.807, 2.05) is 32.0 Å². The third-order valence-electron chi connectivity index (χ3n) is 6.19. The van der Waals surface area contributed by atoms with Crippen LogP contribution in [0.4, 0.5) is 13.2 Å². The van der Waals surface area contributed by atoms with Crippen LogP contribution in [0.5, 0.6) is 0 Å². The van der Waals surface area contributed by atoms with E-state index in [0.717, 1.165) is 35.1 Å². The first-order valence-corrected chi connectivity index (χ1v) is 13.2. The number of carbonyl (C=O) groups is 1. The quantitative estimate of drug-likeness (QED) is 0.378. The van der Waals surface area contributed by atoms with Crippen molar-refractivity contribution in [2.24, 2.45) is 0 Å². The molecule has 10 heteroatoms. The number of alkyl halides is 3. The number of nitrogens with one attached hydrogen (secondary N) is 1. The fourth-order valence-corrected chi connectivity index (χ4v) is 5.52. The van der Waals surface area contributed by atoms with Gasteiger partial charge in [0.25, 0.3) is 5.91 Å². The van der Waals surface area contributed by atoms with E-state index in [1.165, 1.54) is 6.07 Å². The molecule has 1 aliphatic heterocycles. The molecular formula is C25H30Cl2F3N3OS. The maximum atomic E-state index is 14.0. The minimum absolute atomic E-state index is 0.00972. The fourth-order valence-electron chi connectivity index (χ4n) is 4.26. The summed E-state index contributed by atoms with van der Waals surface area (Å²) in [7, 11) is 4.02. The zero-order valence-corrected chi connectivity index (χ0v) is 22.3. The molecule has 4 nitrogen and oxygen atoms in total. The first-order valence-electron chi connectivity index (χ1n) is 11.5. The Morgan fingerprint density at radius 1 is 1.17 bits per heavy atom. The number of nitrogens with zero attached hydrogens (tertiary/aromatic N) is 2. The lowest BCUT2D eigenvalue weighted by molar-refractivity contribution is -0.138. The monoisotopic (exact) mass is 547 g/mol. The smallest absolute Gasteiger partial charge is 0.348 e. The maximum absolute atomic E-state index is 14.0. The van der Waals surface area contributed by atoms with Crippen LogP contribution in [0.15, 0.2) is 35.2 Å². The summed E-state index contributed by atoms with van der Waals surface area (Å²) in [4.78, 5) is 17.9. The van der Waals surface area contributed by atoms with Gasteiger partial charge in [0, 0.05) is 39.6 Å². The number of hydrogen-bond acceptors (Lipinski definition) is 4. The third kappa shape index (κ3) is 7.52. The van der Waals surface area contributed by atoms with Crippen LogP contribution in [-0.4, -0.2) is 54.7 Å². The Bertz CT molecular complexity index is 1040. The standard InChI is InChI=1S/C25H30Cl2F3N3OS/c1-4-35-23-6-5-18(26)11-17(23)14-31-24(34)16-12-21(25(28,29)30)20(22(27)13-16)15-33-9-7-19(8-10-33)32(2)3/h5-6,11-13,19H,4,7-10,14-15H2,1-3H3,(H,31,34). The molecule has 0 aromatic heterocycles. The van der Waals surface area contributed by atoms with Gasteiger partial charge < -0.3 is 10.2 Å². The van der Waals surface area contributed by atoms with Crippen LogP contribution < -0.4 is 5.32 Å². The number of amides is 1. The van der Waals surface area contributed by atoms with Crippen molar-refractivity contribution in [3.63, 3.8) is 0 Å². The van der Waals surface area contributed by atoms with E-state index >= 15 is 0 Å².